The Bertz CT molecular complexity index is 416. The second kappa shape index (κ2) is 5.08. The Morgan fingerprint density at radius 3 is 2.50 bits per heavy atom. The van der Waals surface area contributed by atoms with Gasteiger partial charge in [0.25, 0.3) is 5.91 Å². The number of hydrogen-bond donors (Lipinski definition) is 1. The average Bonchev–Trinajstić information content (AvgIpc) is 2.61. The molecule has 0 bridgehead atoms. The van der Waals surface area contributed by atoms with E-state index >= 15 is 0 Å². The van der Waals surface area contributed by atoms with Crippen LogP contribution in [0.2, 0.25) is 0 Å². The van der Waals surface area contributed by atoms with E-state index in [1.165, 1.54) is 0 Å². The first-order valence-corrected chi connectivity index (χ1v) is 6.15. The molecule has 0 aromatic heterocycles. The predicted octanol–water partition coefficient (Wildman–Crippen LogP) is 1.84. The van der Waals surface area contributed by atoms with Crippen LogP contribution < -0.4 is 5.32 Å². The molecular formula is C14H19NO3. The molecule has 1 aromatic carbocycles. The minimum absolute atomic E-state index is 0.128. The van der Waals surface area contributed by atoms with Crippen molar-refractivity contribution in [3.8, 4) is 0 Å². The first kappa shape index (κ1) is 13.1. The van der Waals surface area contributed by atoms with Gasteiger partial charge < -0.3 is 14.8 Å². The van der Waals surface area contributed by atoms with Gasteiger partial charge in [-0.3, -0.25) is 4.79 Å². The Hall–Kier alpha value is -1.39. The van der Waals surface area contributed by atoms with Gasteiger partial charge in [-0.2, -0.15) is 0 Å². The molecule has 1 aliphatic heterocycles. The van der Waals surface area contributed by atoms with Crippen molar-refractivity contribution >= 4 is 5.91 Å². The molecule has 1 fully saturated rings. The van der Waals surface area contributed by atoms with Gasteiger partial charge >= 0.3 is 0 Å². The standard InChI is InChI=1S/C14H19NO3/c1-10-12(18-14(2,3)17-10)13(16)15-9-11-7-5-4-6-8-11/h4-8,10,12H,9H2,1-3H3,(H,15,16)/t10-,12+/m0/s1. The Morgan fingerprint density at radius 1 is 1.28 bits per heavy atom. The molecule has 0 aliphatic carbocycles. The number of benzene rings is 1. The maximum Gasteiger partial charge on any atom is 0.252 e. The monoisotopic (exact) mass is 249 g/mol. The van der Waals surface area contributed by atoms with Gasteiger partial charge in [0, 0.05) is 6.54 Å². The number of hydrogen-bond acceptors (Lipinski definition) is 3. The maximum atomic E-state index is 12.0. The lowest BCUT2D eigenvalue weighted by molar-refractivity contribution is -0.155. The highest BCUT2D eigenvalue weighted by Gasteiger charge is 2.42. The van der Waals surface area contributed by atoms with Crippen LogP contribution >= 0.6 is 0 Å². The van der Waals surface area contributed by atoms with E-state index in [4.69, 9.17) is 9.47 Å². The minimum Gasteiger partial charge on any atom is -0.350 e. The summed E-state index contributed by atoms with van der Waals surface area (Å²) in [6.45, 7) is 5.98. The summed E-state index contributed by atoms with van der Waals surface area (Å²) >= 11 is 0. The number of carbonyl (C=O) groups excluding carboxylic acids is 1. The van der Waals surface area contributed by atoms with Crippen LogP contribution in [0, 0.1) is 0 Å². The van der Waals surface area contributed by atoms with E-state index in [1.54, 1.807) is 0 Å². The Balaban J connectivity index is 1.89. The quantitative estimate of drug-likeness (QED) is 0.889. The molecule has 98 valence electrons. The zero-order valence-electron chi connectivity index (χ0n) is 11.0. The van der Waals surface area contributed by atoms with Crippen LogP contribution in [-0.4, -0.2) is 23.9 Å². The first-order valence-electron chi connectivity index (χ1n) is 6.15. The molecule has 2 rings (SSSR count). The number of carbonyl (C=O) groups is 1. The van der Waals surface area contributed by atoms with Crippen LogP contribution in [0.5, 0.6) is 0 Å². The predicted molar refractivity (Wildman–Crippen MR) is 67.8 cm³/mol. The summed E-state index contributed by atoms with van der Waals surface area (Å²) in [4.78, 5) is 12.0. The fraction of sp³-hybridized carbons (Fsp3) is 0.500. The molecule has 0 saturated carbocycles. The van der Waals surface area contributed by atoms with Crippen molar-refractivity contribution in [2.45, 2.75) is 45.3 Å². The van der Waals surface area contributed by atoms with Crippen molar-refractivity contribution < 1.29 is 14.3 Å². The summed E-state index contributed by atoms with van der Waals surface area (Å²) in [7, 11) is 0. The van der Waals surface area contributed by atoms with Crippen molar-refractivity contribution in [1.82, 2.24) is 5.32 Å². The summed E-state index contributed by atoms with van der Waals surface area (Å²) in [5, 5.41) is 2.87. The largest absolute Gasteiger partial charge is 0.350 e. The molecule has 0 radical (unpaired) electrons. The number of nitrogens with one attached hydrogen (secondary N) is 1. The Labute approximate surface area is 107 Å². The van der Waals surface area contributed by atoms with Crippen LogP contribution in [0.25, 0.3) is 0 Å². The molecule has 4 nitrogen and oxygen atoms in total. The molecule has 1 heterocycles. The van der Waals surface area contributed by atoms with Gasteiger partial charge in [0.15, 0.2) is 11.9 Å². The van der Waals surface area contributed by atoms with Crippen molar-refractivity contribution in [2.75, 3.05) is 0 Å². The van der Waals surface area contributed by atoms with Gasteiger partial charge in [-0.15, -0.1) is 0 Å². The lowest BCUT2D eigenvalue weighted by Crippen LogP contribution is -2.39. The van der Waals surface area contributed by atoms with E-state index < -0.39 is 11.9 Å². The highest BCUT2D eigenvalue weighted by Crippen LogP contribution is 2.27. The third-order valence-corrected chi connectivity index (χ3v) is 2.87. The second-order valence-corrected chi connectivity index (χ2v) is 4.96. The lowest BCUT2D eigenvalue weighted by atomic mass is 10.2. The summed E-state index contributed by atoms with van der Waals surface area (Å²) in [5.74, 6) is -0.814. The second-order valence-electron chi connectivity index (χ2n) is 4.96. The molecular weight excluding hydrogens is 230 g/mol. The maximum absolute atomic E-state index is 12.0. The molecule has 1 saturated heterocycles. The van der Waals surface area contributed by atoms with Gasteiger partial charge in [0.05, 0.1) is 6.10 Å². The van der Waals surface area contributed by atoms with Crippen LogP contribution in [0.1, 0.15) is 26.3 Å². The minimum atomic E-state index is -0.686. The normalized spacial score (nSPS) is 25.9. The fourth-order valence-electron chi connectivity index (χ4n) is 2.09. The summed E-state index contributed by atoms with van der Waals surface area (Å²) < 4.78 is 11.1. The molecule has 0 unspecified atom stereocenters. The van der Waals surface area contributed by atoms with Crippen LogP contribution in [0.4, 0.5) is 0 Å². The van der Waals surface area contributed by atoms with Gasteiger partial charge in [-0.1, -0.05) is 30.3 Å². The average molecular weight is 249 g/mol. The van der Waals surface area contributed by atoms with Crippen LogP contribution in [-0.2, 0) is 20.8 Å². The van der Waals surface area contributed by atoms with Gasteiger partial charge in [0.2, 0.25) is 0 Å². The van der Waals surface area contributed by atoms with Gasteiger partial charge in [-0.05, 0) is 26.3 Å². The van der Waals surface area contributed by atoms with E-state index in [9.17, 15) is 4.79 Å². The van der Waals surface area contributed by atoms with E-state index in [2.05, 4.69) is 5.32 Å². The number of amides is 1. The molecule has 4 heteroatoms. The third-order valence-electron chi connectivity index (χ3n) is 2.87. The zero-order chi connectivity index (χ0) is 13.2. The van der Waals surface area contributed by atoms with Crippen molar-refractivity contribution in [2.24, 2.45) is 0 Å². The van der Waals surface area contributed by atoms with E-state index in [0.717, 1.165) is 5.56 Å². The van der Waals surface area contributed by atoms with Crippen molar-refractivity contribution in [1.29, 1.82) is 0 Å². The number of rotatable bonds is 3. The highest BCUT2D eigenvalue weighted by molar-refractivity contribution is 5.81. The zero-order valence-corrected chi connectivity index (χ0v) is 11.0. The van der Waals surface area contributed by atoms with Crippen molar-refractivity contribution in [3.05, 3.63) is 35.9 Å². The van der Waals surface area contributed by atoms with Gasteiger partial charge in [-0.25, -0.2) is 0 Å². The molecule has 1 aromatic rings. The van der Waals surface area contributed by atoms with E-state index in [1.807, 2.05) is 51.1 Å². The van der Waals surface area contributed by atoms with Crippen molar-refractivity contribution in [3.63, 3.8) is 0 Å². The van der Waals surface area contributed by atoms with E-state index in [-0.39, 0.29) is 12.0 Å². The SMILES string of the molecule is C[C@@H]1OC(C)(C)O[C@H]1C(=O)NCc1ccccc1. The molecule has 1 N–H and O–H groups in total. The summed E-state index contributed by atoms with van der Waals surface area (Å²) in [6, 6.07) is 9.79. The molecule has 1 amide bonds. The van der Waals surface area contributed by atoms with Crippen LogP contribution in [0.15, 0.2) is 30.3 Å². The first-order chi connectivity index (χ1) is 8.48. The smallest absolute Gasteiger partial charge is 0.252 e. The molecule has 0 spiro atoms. The van der Waals surface area contributed by atoms with Crippen LogP contribution in [0.3, 0.4) is 0 Å². The highest BCUT2D eigenvalue weighted by atomic mass is 16.8. The third kappa shape index (κ3) is 3.09. The fourth-order valence-corrected chi connectivity index (χ4v) is 2.09. The number of ether oxygens (including phenoxy) is 2. The molecule has 18 heavy (non-hydrogen) atoms. The Morgan fingerprint density at radius 2 is 1.94 bits per heavy atom. The lowest BCUT2D eigenvalue weighted by Gasteiger charge is -2.16. The topological polar surface area (TPSA) is 47.6 Å². The molecule has 1 aliphatic rings. The molecule has 2 atom stereocenters. The summed E-state index contributed by atoms with van der Waals surface area (Å²) in [6.07, 6.45) is -0.764. The summed E-state index contributed by atoms with van der Waals surface area (Å²) in [5.41, 5.74) is 1.07. The van der Waals surface area contributed by atoms with Gasteiger partial charge in [0.1, 0.15) is 0 Å². The Kier molecular flexibility index (Phi) is 3.68. The van der Waals surface area contributed by atoms with E-state index in [0.29, 0.717) is 6.54 Å².